The third-order valence-electron chi connectivity index (χ3n) is 2.28. The number of β-amino-alcohol motifs (C(OH)–C–C–N with tert-alkyl or cyclic N) is 1. The van der Waals surface area contributed by atoms with Crippen molar-refractivity contribution in [2.24, 2.45) is 5.73 Å². The molecule has 1 amide bonds. The molecule has 1 aliphatic rings. The minimum atomic E-state index is -0.453. The van der Waals surface area contributed by atoms with Crippen molar-refractivity contribution in [3.63, 3.8) is 0 Å². The zero-order chi connectivity index (χ0) is 10.8. The molecule has 1 aromatic heterocycles. The molecule has 2 heterocycles. The van der Waals surface area contributed by atoms with Gasteiger partial charge in [0.15, 0.2) is 5.82 Å². The highest BCUT2D eigenvalue weighted by atomic mass is 16.5. The highest BCUT2D eigenvalue weighted by Gasteiger charge is 2.28. The van der Waals surface area contributed by atoms with Crippen molar-refractivity contribution in [1.29, 1.82) is 0 Å². The number of hydrogen-bond acceptors (Lipinski definition) is 6. The van der Waals surface area contributed by atoms with Gasteiger partial charge in [-0.3, -0.25) is 4.79 Å². The summed E-state index contributed by atoms with van der Waals surface area (Å²) >= 11 is 0. The quantitative estimate of drug-likeness (QED) is 0.633. The van der Waals surface area contributed by atoms with Crippen LogP contribution in [-0.4, -0.2) is 45.2 Å². The number of rotatable bonds is 2. The number of likely N-dealkylation sites (tertiary alicyclic amines) is 1. The van der Waals surface area contributed by atoms with Gasteiger partial charge in [0.1, 0.15) is 0 Å². The average Bonchev–Trinajstić information content (AvgIpc) is 2.84. The van der Waals surface area contributed by atoms with Crippen molar-refractivity contribution in [3.05, 3.63) is 11.7 Å². The number of hydrogen-bond donors (Lipinski definition) is 2. The van der Waals surface area contributed by atoms with Crippen LogP contribution in [-0.2, 0) is 6.54 Å². The van der Waals surface area contributed by atoms with E-state index in [9.17, 15) is 9.90 Å². The normalized spacial score (nSPS) is 20.9. The summed E-state index contributed by atoms with van der Waals surface area (Å²) in [6, 6.07) is 0. The van der Waals surface area contributed by atoms with E-state index in [4.69, 9.17) is 10.3 Å². The molecule has 82 valence electrons. The van der Waals surface area contributed by atoms with E-state index in [0.717, 1.165) is 0 Å². The van der Waals surface area contributed by atoms with Crippen LogP contribution < -0.4 is 5.73 Å². The number of amides is 1. The molecule has 0 spiro atoms. The predicted octanol–water partition coefficient (Wildman–Crippen LogP) is -1.26. The summed E-state index contributed by atoms with van der Waals surface area (Å²) in [5, 5.41) is 12.8. The van der Waals surface area contributed by atoms with Crippen LogP contribution in [0.2, 0.25) is 0 Å². The summed E-state index contributed by atoms with van der Waals surface area (Å²) in [7, 11) is 0. The molecule has 1 atom stereocenters. The highest BCUT2D eigenvalue weighted by molar-refractivity contribution is 5.89. The molecular formula is C8H12N4O3. The zero-order valence-electron chi connectivity index (χ0n) is 8.09. The second kappa shape index (κ2) is 3.95. The minimum Gasteiger partial charge on any atom is -0.391 e. The van der Waals surface area contributed by atoms with E-state index < -0.39 is 6.10 Å². The summed E-state index contributed by atoms with van der Waals surface area (Å²) in [4.78, 5) is 17.0. The third kappa shape index (κ3) is 1.97. The van der Waals surface area contributed by atoms with Crippen LogP contribution in [0, 0.1) is 0 Å². The van der Waals surface area contributed by atoms with Crippen LogP contribution in [0.4, 0.5) is 0 Å². The van der Waals surface area contributed by atoms with E-state index >= 15 is 0 Å². The fourth-order valence-electron chi connectivity index (χ4n) is 1.49. The first-order valence-electron chi connectivity index (χ1n) is 4.70. The van der Waals surface area contributed by atoms with Gasteiger partial charge in [-0.25, -0.2) is 0 Å². The Balaban J connectivity index is 2.07. The van der Waals surface area contributed by atoms with E-state index in [-0.39, 0.29) is 18.3 Å². The number of aromatic nitrogens is 2. The lowest BCUT2D eigenvalue weighted by Crippen LogP contribution is -2.29. The molecule has 0 unspecified atom stereocenters. The molecule has 7 heteroatoms. The molecule has 0 aliphatic carbocycles. The van der Waals surface area contributed by atoms with E-state index in [1.54, 1.807) is 0 Å². The Morgan fingerprint density at radius 2 is 2.53 bits per heavy atom. The minimum absolute atomic E-state index is 0.0652. The highest BCUT2D eigenvalue weighted by Crippen LogP contribution is 2.12. The maximum absolute atomic E-state index is 11.7. The molecule has 0 radical (unpaired) electrons. The molecule has 1 fully saturated rings. The van der Waals surface area contributed by atoms with Gasteiger partial charge >= 0.3 is 11.8 Å². The molecule has 3 N–H and O–H groups in total. The Morgan fingerprint density at radius 1 is 1.73 bits per heavy atom. The molecule has 1 aliphatic heterocycles. The monoisotopic (exact) mass is 212 g/mol. The van der Waals surface area contributed by atoms with Crippen molar-refractivity contribution in [1.82, 2.24) is 15.0 Å². The lowest BCUT2D eigenvalue weighted by molar-refractivity contribution is 0.0716. The largest absolute Gasteiger partial charge is 0.391 e. The first-order chi connectivity index (χ1) is 7.20. The van der Waals surface area contributed by atoms with Gasteiger partial charge in [-0.15, -0.1) is 0 Å². The lowest BCUT2D eigenvalue weighted by Gasteiger charge is -2.11. The molecule has 0 bridgehead atoms. The molecular weight excluding hydrogens is 200 g/mol. The number of nitrogens with zero attached hydrogens (tertiary/aromatic N) is 3. The first-order valence-corrected chi connectivity index (χ1v) is 4.70. The number of aliphatic hydroxyl groups excluding tert-OH is 1. The van der Waals surface area contributed by atoms with Gasteiger partial charge in [-0.2, -0.15) is 4.98 Å². The summed E-state index contributed by atoms with van der Waals surface area (Å²) in [6.45, 7) is 0.971. The van der Waals surface area contributed by atoms with Gasteiger partial charge in [0.05, 0.1) is 12.6 Å². The Kier molecular flexibility index (Phi) is 2.65. The average molecular weight is 212 g/mol. The van der Waals surface area contributed by atoms with Crippen molar-refractivity contribution in [2.75, 3.05) is 13.1 Å². The van der Waals surface area contributed by atoms with E-state index in [2.05, 4.69) is 10.1 Å². The van der Waals surface area contributed by atoms with Gasteiger partial charge < -0.3 is 20.3 Å². The molecule has 1 aromatic rings. The van der Waals surface area contributed by atoms with Crippen molar-refractivity contribution in [3.8, 4) is 0 Å². The topological polar surface area (TPSA) is 105 Å². The van der Waals surface area contributed by atoms with Crippen LogP contribution in [0.1, 0.15) is 22.9 Å². The Bertz CT molecular complexity index is 365. The van der Waals surface area contributed by atoms with Crippen molar-refractivity contribution < 1.29 is 14.4 Å². The van der Waals surface area contributed by atoms with Gasteiger partial charge in [-0.1, -0.05) is 5.16 Å². The summed E-state index contributed by atoms with van der Waals surface area (Å²) in [5.74, 6) is -0.110. The smallest absolute Gasteiger partial charge is 0.316 e. The molecule has 0 saturated carbocycles. The maximum atomic E-state index is 11.7. The Labute approximate surface area is 85.9 Å². The van der Waals surface area contributed by atoms with E-state index in [0.29, 0.717) is 25.3 Å². The second-order valence-corrected chi connectivity index (χ2v) is 3.41. The summed E-state index contributed by atoms with van der Waals surface area (Å²) < 4.78 is 4.75. The summed E-state index contributed by atoms with van der Waals surface area (Å²) in [5.41, 5.74) is 5.29. The predicted molar refractivity (Wildman–Crippen MR) is 48.7 cm³/mol. The van der Waals surface area contributed by atoms with E-state index in [1.807, 2.05) is 0 Å². The standard InChI is InChI=1S/C8H12N4O3/c9-3-6-10-7(15-11-6)8(14)12-2-1-5(13)4-12/h5,13H,1-4,9H2/t5-/m1/s1. The van der Waals surface area contributed by atoms with Crippen molar-refractivity contribution >= 4 is 5.91 Å². The van der Waals surface area contributed by atoms with Gasteiger partial charge in [0.25, 0.3) is 0 Å². The van der Waals surface area contributed by atoms with Crippen LogP contribution in [0.3, 0.4) is 0 Å². The fraction of sp³-hybridized carbons (Fsp3) is 0.625. The molecule has 0 aromatic carbocycles. The number of carbonyl (C=O) groups is 1. The third-order valence-corrected chi connectivity index (χ3v) is 2.28. The Hall–Kier alpha value is -1.47. The Morgan fingerprint density at radius 3 is 3.07 bits per heavy atom. The molecule has 1 saturated heterocycles. The second-order valence-electron chi connectivity index (χ2n) is 3.41. The number of carbonyl (C=O) groups excluding carboxylic acids is 1. The molecule has 2 rings (SSSR count). The van der Waals surface area contributed by atoms with Crippen LogP contribution in [0.5, 0.6) is 0 Å². The first kappa shape index (κ1) is 10.1. The number of nitrogens with two attached hydrogens (primary N) is 1. The SMILES string of the molecule is NCc1noc(C(=O)N2CC[C@@H](O)C2)n1. The molecule has 7 nitrogen and oxygen atoms in total. The maximum Gasteiger partial charge on any atom is 0.316 e. The van der Waals surface area contributed by atoms with Crippen LogP contribution in [0.15, 0.2) is 4.52 Å². The van der Waals surface area contributed by atoms with Gasteiger partial charge in [-0.05, 0) is 6.42 Å². The van der Waals surface area contributed by atoms with Crippen LogP contribution in [0.25, 0.3) is 0 Å². The number of aliphatic hydroxyl groups is 1. The fourth-order valence-corrected chi connectivity index (χ4v) is 1.49. The lowest BCUT2D eigenvalue weighted by atomic mass is 10.3. The van der Waals surface area contributed by atoms with Gasteiger partial charge in [0, 0.05) is 13.1 Å². The van der Waals surface area contributed by atoms with Crippen molar-refractivity contribution in [2.45, 2.75) is 19.1 Å². The van der Waals surface area contributed by atoms with Gasteiger partial charge in [0.2, 0.25) is 0 Å². The zero-order valence-corrected chi connectivity index (χ0v) is 8.09. The van der Waals surface area contributed by atoms with Crippen LogP contribution >= 0.6 is 0 Å². The summed E-state index contributed by atoms with van der Waals surface area (Å²) in [6.07, 6.45) is 0.134. The van der Waals surface area contributed by atoms with E-state index in [1.165, 1.54) is 4.90 Å². The molecule has 15 heavy (non-hydrogen) atoms.